The lowest BCUT2D eigenvalue weighted by atomic mass is 10.0. The number of hydrogen-bond acceptors (Lipinski definition) is 4. The monoisotopic (exact) mass is 501 g/mol. The minimum absolute atomic E-state index is 0.316. The number of fused-ring (bicyclic) bond motifs is 1. The van der Waals surface area contributed by atoms with Crippen molar-refractivity contribution in [2.75, 3.05) is 0 Å². The second-order valence-electron chi connectivity index (χ2n) is 6.60. The number of para-hydroxylation sites is 1. The fourth-order valence-electron chi connectivity index (χ4n) is 3.24. The molecular formula is C22H14BrCl2N3O2. The molecule has 0 spiro atoms. The summed E-state index contributed by atoms with van der Waals surface area (Å²) in [7, 11) is 0. The summed E-state index contributed by atoms with van der Waals surface area (Å²) in [6.45, 7) is 1.70. The molecule has 1 heterocycles. The standard InChI is InChI=1S/C22H14BrCl2N3O2/c1-12(27-30)13-9-14(11-15(23)10-13)20-16-5-2-3-6-17(16)22(29)28(26-20)21-18(24)7-4-8-19(21)25/h2-11,30H,1H3/b27-12+. The normalized spacial score (nSPS) is 11.8. The molecule has 0 atom stereocenters. The zero-order chi connectivity index (χ0) is 21.4. The third-order valence-electron chi connectivity index (χ3n) is 4.69. The molecule has 0 aliphatic rings. The molecule has 3 aromatic carbocycles. The molecule has 150 valence electrons. The molecule has 0 bridgehead atoms. The van der Waals surface area contributed by atoms with Crippen LogP contribution in [0.3, 0.4) is 0 Å². The first kappa shape index (κ1) is 20.6. The van der Waals surface area contributed by atoms with Crippen LogP contribution in [-0.2, 0) is 0 Å². The van der Waals surface area contributed by atoms with E-state index in [1.165, 1.54) is 4.68 Å². The number of nitrogens with zero attached hydrogens (tertiary/aromatic N) is 3. The first-order chi connectivity index (χ1) is 14.4. The summed E-state index contributed by atoms with van der Waals surface area (Å²) in [5.74, 6) is 0. The van der Waals surface area contributed by atoms with E-state index in [0.717, 1.165) is 10.0 Å². The summed E-state index contributed by atoms with van der Waals surface area (Å²) >= 11 is 16.2. The number of oxime groups is 1. The summed E-state index contributed by atoms with van der Waals surface area (Å²) in [5.41, 5.74) is 2.45. The number of hydrogen-bond donors (Lipinski definition) is 1. The highest BCUT2D eigenvalue weighted by atomic mass is 79.9. The van der Waals surface area contributed by atoms with E-state index >= 15 is 0 Å². The molecule has 1 aromatic heterocycles. The molecule has 0 saturated heterocycles. The molecule has 4 aromatic rings. The Bertz CT molecular complexity index is 1360. The molecule has 1 N–H and O–H groups in total. The van der Waals surface area contributed by atoms with E-state index in [9.17, 15) is 10.0 Å². The molecule has 4 rings (SSSR count). The van der Waals surface area contributed by atoms with Crippen LogP contribution >= 0.6 is 39.1 Å². The van der Waals surface area contributed by atoms with Gasteiger partial charge in [0.2, 0.25) is 0 Å². The van der Waals surface area contributed by atoms with Crippen molar-refractivity contribution in [3.63, 3.8) is 0 Å². The van der Waals surface area contributed by atoms with Crippen molar-refractivity contribution >= 4 is 55.6 Å². The average Bonchev–Trinajstić information content (AvgIpc) is 2.74. The molecule has 0 amide bonds. The van der Waals surface area contributed by atoms with E-state index in [-0.39, 0.29) is 5.56 Å². The minimum atomic E-state index is -0.326. The Hall–Kier alpha value is -2.67. The molecule has 0 unspecified atom stereocenters. The second kappa shape index (κ2) is 8.22. The largest absolute Gasteiger partial charge is 0.411 e. The highest BCUT2D eigenvalue weighted by Crippen LogP contribution is 2.32. The van der Waals surface area contributed by atoms with Crippen molar-refractivity contribution in [2.45, 2.75) is 6.92 Å². The van der Waals surface area contributed by atoms with Gasteiger partial charge < -0.3 is 5.21 Å². The van der Waals surface area contributed by atoms with Crippen LogP contribution < -0.4 is 5.56 Å². The molecule has 0 saturated carbocycles. The minimum Gasteiger partial charge on any atom is -0.411 e. The van der Waals surface area contributed by atoms with Crippen LogP contribution in [0.15, 0.2) is 75.1 Å². The Labute approximate surface area is 190 Å². The highest BCUT2D eigenvalue weighted by Gasteiger charge is 2.18. The molecule has 0 radical (unpaired) electrons. The van der Waals surface area contributed by atoms with Gasteiger partial charge in [-0.15, -0.1) is 0 Å². The Morgan fingerprint density at radius 2 is 1.70 bits per heavy atom. The maximum atomic E-state index is 13.2. The van der Waals surface area contributed by atoms with Crippen molar-refractivity contribution in [1.29, 1.82) is 0 Å². The zero-order valence-electron chi connectivity index (χ0n) is 15.6. The number of rotatable bonds is 3. The molecule has 8 heteroatoms. The molecule has 0 aliphatic carbocycles. The van der Waals surface area contributed by atoms with Gasteiger partial charge in [0, 0.05) is 21.0 Å². The second-order valence-corrected chi connectivity index (χ2v) is 8.33. The smallest absolute Gasteiger partial charge is 0.279 e. The Morgan fingerprint density at radius 1 is 1.03 bits per heavy atom. The summed E-state index contributed by atoms with van der Waals surface area (Å²) in [5, 5.41) is 18.9. The Balaban J connectivity index is 2.11. The van der Waals surface area contributed by atoms with Crippen molar-refractivity contribution < 1.29 is 5.21 Å². The van der Waals surface area contributed by atoms with Gasteiger partial charge in [-0.25, -0.2) is 0 Å². The number of halogens is 3. The third kappa shape index (κ3) is 3.62. The maximum Gasteiger partial charge on any atom is 0.279 e. The van der Waals surface area contributed by atoms with E-state index in [1.54, 1.807) is 37.3 Å². The summed E-state index contributed by atoms with van der Waals surface area (Å²) in [6, 6.07) is 17.8. The van der Waals surface area contributed by atoms with Crippen LogP contribution in [0.2, 0.25) is 10.0 Å². The van der Waals surface area contributed by atoms with Crippen molar-refractivity contribution in [1.82, 2.24) is 9.78 Å². The van der Waals surface area contributed by atoms with Gasteiger partial charge in [-0.3, -0.25) is 4.79 Å². The van der Waals surface area contributed by atoms with E-state index < -0.39 is 0 Å². The predicted octanol–water partition coefficient (Wildman–Crippen LogP) is 6.32. The zero-order valence-corrected chi connectivity index (χ0v) is 18.7. The third-order valence-corrected chi connectivity index (χ3v) is 5.76. The maximum absolute atomic E-state index is 13.2. The average molecular weight is 503 g/mol. The predicted molar refractivity (Wildman–Crippen MR) is 124 cm³/mol. The van der Waals surface area contributed by atoms with Crippen LogP contribution in [-0.4, -0.2) is 20.7 Å². The SMILES string of the molecule is C/C(=N\O)c1cc(Br)cc(-c2nn(-c3c(Cl)cccc3Cl)c(=O)c3ccccc23)c1. The molecule has 0 aliphatic heterocycles. The fraction of sp³-hybridized carbons (Fsp3) is 0.0455. The lowest BCUT2D eigenvalue weighted by Gasteiger charge is -2.14. The van der Waals surface area contributed by atoms with Gasteiger partial charge in [-0.2, -0.15) is 9.78 Å². The highest BCUT2D eigenvalue weighted by molar-refractivity contribution is 9.10. The van der Waals surface area contributed by atoms with Gasteiger partial charge in [0.05, 0.1) is 26.8 Å². The van der Waals surface area contributed by atoms with Crippen molar-refractivity contribution in [2.24, 2.45) is 5.16 Å². The topological polar surface area (TPSA) is 67.5 Å². The first-order valence-electron chi connectivity index (χ1n) is 8.87. The van der Waals surface area contributed by atoms with Gasteiger partial charge in [-0.1, -0.05) is 68.6 Å². The van der Waals surface area contributed by atoms with Crippen LogP contribution in [0.25, 0.3) is 27.7 Å². The number of benzene rings is 3. The fourth-order valence-corrected chi connectivity index (χ4v) is 4.29. The van der Waals surface area contributed by atoms with E-state index in [1.807, 2.05) is 30.3 Å². The van der Waals surface area contributed by atoms with Gasteiger partial charge in [0.1, 0.15) is 5.69 Å². The van der Waals surface area contributed by atoms with Crippen LogP contribution in [0.1, 0.15) is 12.5 Å². The Morgan fingerprint density at radius 3 is 2.37 bits per heavy atom. The van der Waals surface area contributed by atoms with Gasteiger partial charge in [0.15, 0.2) is 0 Å². The van der Waals surface area contributed by atoms with Crippen molar-refractivity contribution in [3.8, 4) is 16.9 Å². The van der Waals surface area contributed by atoms with Gasteiger partial charge in [0.25, 0.3) is 5.56 Å². The van der Waals surface area contributed by atoms with Gasteiger partial charge >= 0.3 is 0 Å². The van der Waals surface area contributed by atoms with E-state index in [0.29, 0.717) is 43.5 Å². The summed E-state index contributed by atoms with van der Waals surface area (Å²) in [6.07, 6.45) is 0. The van der Waals surface area contributed by atoms with E-state index in [4.69, 9.17) is 23.2 Å². The van der Waals surface area contributed by atoms with Crippen LogP contribution in [0.4, 0.5) is 0 Å². The lowest BCUT2D eigenvalue weighted by Crippen LogP contribution is -2.23. The quantitative estimate of drug-likeness (QED) is 0.202. The van der Waals surface area contributed by atoms with Gasteiger partial charge in [-0.05, 0) is 43.3 Å². The van der Waals surface area contributed by atoms with E-state index in [2.05, 4.69) is 26.2 Å². The first-order valence-corrected chi connectivity index (χ1v) is 10.4. The molecular weight excluding hydrogens is 489 g/mol. The molecule has 5 nitrogen and oxygen atoms in total. The summed E-state index contributed by atoms with van der Waals surface area (Å²) < 4.78 is 2.01. The summed E-state index contributed by atoms with van der Waals surface area (Å²) in [4.78, 5) is 13.2. The number of aromatic nitrogens is 2. The molecule has 30 heavy (non-hydrogen) atoms. The molecule has 0 fully saturated rings. The van der Waals surface area contributed by atoms with Crippen LogP contribution in [0.5, 0.6) is 0 Å². The lowest BCUT2D eigenvalue weighted by molar-refractivity contribution is 0.319. The Kier molecular flexibility index (Phi) is 5.64. The van der Waals surface area contributed by atoms with Crippen LogP contribution in [0, 0.1) is 0 Å². The van der Waals surface area contributed by atoms with Crippen molar-refractivity contribution in [3.05, 3.63) is 91.1 Å².